The van der Waals surface area contributed by atoms with Crippen molar-refractivity contribution in [1.29, 1.82) is 0 Å². The molecule has 2 aromatic heterocycles. The van der Waals surface area contributed by atoms with Crippen molar-refractivity contribution in [2.24, 2.45) is 5.92 Å². The zero-order valence-corrected chi connectivity index (χ0v) is 10.2. The van der Waals surface area contributed by atoms with Crippen molar-refractivity contribution in [3.63, 3.8) is 0 Å². The van der Waals surface area contributed by atoms with Crippen molar-refractivity contribution in [2.45, 2.75) is 6.04 Å². The van der Waals surface area contributed by atoms with Gasteiger partial charge >= 0.3 is 5.97 Å². The summed E-state index contributed by atoms with van der Waals surface area (Å²) < 4.78 is 0. The molecular formula is C14H13N3O2. The second-order valence-corrected chi connectivity index (χ2v) is 4.48. The molecule has 0 amide bonds. The van der Waals surface area contributed by atoms with E-state index in [1.165, 1.54) is 0 Å². The first kappa shape index (κ1) is 11.6. The molecular weight excluding hydrogens is 242 g/mol. The van der Waals surface area contributed by atoms with Gasteiger partial charge in [-0.3, -0.25) is 9.78 Å². The number of hydrogen-bond acceptors (Lipinski definition) is 4. The number of carbonyl (C=O) groups is 1. The second kappa shape index (κ2) is 4.68. The molecule has 1 saturated heterocycles. The Morgan fingerprint density at radius 3 is 2.47 bits per heavy atom. The third-order valence-electron chi connectivity index (χ3n) is 3.36. The average Bonchev–Trinajstić information content (AvgIpc) is 2.39. The Morgan fingerprint density at radius 2 is 1.89 bits per heavy atom. The topological polar surface area (TPSA) is 66.3 Å². The molecule has 1 aliphatic rings. The summed E-state index contributed by atoms with van der Waals surface area (Å²) in [5.74, 6) is -0.435. The van der Waals surface area contributed by atoms with Gasteiger partial charge in [0.05, 0.1) is 11.7 Å². The zero-order valence-electron chi connectivity index (χ0n) is 10.2. The van der Waals surface area contributed by atoms with E-state index in [-0.39, 0.29) is 6.04 Å². The van der Waals surface area contributed by atoms with Gasteiger partial charge in [-0.25, -0.2) is 4.98 Å². The van der Waals surface area contributed by atoms with Gasteiger partial charge in [-0.1, -0.05) is 12.1 Å². The number of rotatable bonds is 3. The molecule has 1 fully saturated rings. The van der Waals surface area contributed by atoms with E-state index in [1.807, 2.05) is 41.3 Å². The highest BCUT2D eigenvalue weighted by molar-refractivity contribution is 5.75. The fraction of sp³-hybridized carbons (Fsp3) is 0.214. The van der Waals surface area contributed by atoms with Gasteiger partial charge in [-0.05, 0) is 24.3 Å². The highest BCUT2D eigenvalue weighted by Crippen LogP contribution is 2.40. The molecule has 0 radical (unpaired) electrons. The van der Waals surface area contributed by atoms with E-state index >= 15 is 0 Å². The van der Waals surface area contributed by atoms with Crippen LogP contribution in [0.4, 0.5) is 5.82 Å². The lowest BCUT2D eigenvalue weighted by molar-refractivity contribution is -0.144. The van der Waals surface area contributed by atoms with Gasteiger partial charge in [0.2, 0.25) is 0 Å². The predicted octanol–water partition coefficient (Wildman–Crippen LogP) is 1.74. The molecule has 3 heterocycles. The second-order valence-electron chi connectivity index (χ2n) is 4.48. The van der Waals surface area contributed by atoms with Crippen LogP contribution in [-0.2, 0) is 4.79 Å². The maximum atomic E-state index is 11.3. The molecule has 0 aromatic carbocycles. The van der Waals surface area contributed by atoms with Gasteiger partial charge in [-0.2, -0.15) is 0 Å². The van der Waals surface area contributed by atoms with Crippen LogP contribution in [-0.4, -0.2) is 27.6 Å². The molecule has 1 aliphatic heterocycles. The standard InChI is InChI=1S/C14H13N3O2/c18-14(19)10-9-17(12-6-2-4-8-16-12)13(10)11-5-1-3-7-15-11/h1-8,10,13H,9H2,(H,18,19). The normalized spacial score (nSPS) is 21.8. The molecule has 5 heteroatoms. The van der Waals surface area contributed by atoms with Crippen LogP contribution in [0, 0.1) is 5.92 Å². The van der Waals surface area contributed by atoms with Crippen molar-refractivity contribution in [3.8, 4) is 0 Å². The summed E-state index contributed by atoms with van der Waals surface area (Å²) >= 11 is 0. The van der Waals surface area contributed by atoms with Crippen LogP contribution in [0.5, 0.6) is 0 Å². The van der Waals surface area contributed by atoms with E-state index in [2.05, 4.69) is 9.97 Å². The Labute approximate surface area is 110 Å². The number of nitrogens with zero attached hydrogens (tertiary/aromatic N) is 3. The van der Waals surface area contributed by atoms with E-state index in [4.69, 9.17) is 0 Å². The number of pyridine rings is 2. The largest absolute Gasteiger partial charge is 0.481 e. The molecule has 3 rings (SSSR count). The Kier molecular flexibility index (Phi) is 2.87. The summed E-state index contributed by atoms with van der Waals surface area (Å²) in [7, 11) is 0. The number of aromatic nitrogens is 2. The van der Waals surface area contributed by atoms with E-state index in [9.17, 15) is 9.90 Å². The quantitative estimate of drug-likeness (QED) is 0.904. The van der Waals surface area contributed by atoms with E-state index < -0.39 is 11.9 Å². The van der Waals surface area contributed by atoms with Crippen LogP contribution in [0.3, 0.4) is 0 Å². The smallest absolute Gasteiger partial charge is 0.310 e. The third-order valence-corrected chi connectivity index (χ3v) is 3.36. The Bertz CT molecular complexity index is 574. The maximum Gasteiger partial charge on any atom is 0.310 e. The van der Waals surface area contributed by atoms with Gasteiger partial charge in [0.15, 0.2) is 0 Å². The van der Waals surface area contributed by atoms with E-state index in [1.54, 1.807) is 12.4 Å². The Morgan fingerprint density at radius 1 is 1.16 bits per heavy atom. The van der Waals surface area contributed by atoms with Crippen LogP contribution in [0.1, 0.15) is 11.7 Å². The number of aliphatic carboxylic acids is 1. The Hall–Kier alpha value is -2.43. The first-order valence-corrected chi connectivity index (χ1v) is 6.09. The van der Waals surface area contributed by atoms with Crippen LogP contribution in [0.25, 0.3) is 0 Å². The summed E-state index contributed by atoms with van der Waals surface area (Å²) in [6.07, 6.45) is 3.39. The minimum atomic E-state index is -0.789. The minimum Gasteiger partial charge on any atom is -0.481 e. The number of carboxylic acid groups (broad SMARTS) is 1. The number of carboxylic acids is 1. The minimum absolute atomic E-state index is 0.242. The first-order valence-electron chi connectivity index (χ1n) is 6.09. The Balaban J connectivity index is 1.93. The van der Waals surface area contributed by atoms with Crippen LogP contribution >= 0.6 is 0 Å². The third kappa shape index (κ3) is 2.03. The monoisotopic (exact) mass is 255 g/mol. The highest BCUT2D eigenvalue weighted by Gasteiger charge is 2.45. The molecule has 2 aromatic rings. The summed E-state index contributed by atoms with van der Waals surface area (Å²) in [4.78, 5) is 21.8. The number of anilines is 1. The van der Waals surface area contributed by atoms with Gasteiger partial charge in [0, 0.05) is 18.9 Å². The SMILES string of the molecule is O=C(O)C1CN(c2ccccn2)C1c1ccccn1. The van der Waals surface area contributed by atoms with Gasteiger partial charge in [-0.15, -0.1) is 0 Å². The van der Waals surface area contributed by atoms with Crippen molar-refractivity contribution in [3.05, 3.63) is 54.5 Å². The van der Waals surface area contributed by atoms with Crippen LogP contribution in [0.15, 0.2) is 48.8 Å². The van der Waals surface area contributed by atoms with Gasteiger partial charge in [0.25, 0.3) is 0 Å². The van der Waals surface area contributed by atoms with E-state index in [0.717, 1.165) is 11.5 Å². The molecule has 19 heavy (non-hydrogen) atoms. The lowest BCUT2D eigenvalue weighted by Crippen LogP contribution is -2.53. The molecule has 2 unspecified atom stereocenters. The van der Waals surface area contributed by atoms with Crippen molar-refractivity contribution >= 4 is 11.8 Å². The van der Waals surface area contributed by atoms with Gasteiger partial charge in [0.1, 0.15) is 11.7 Å². The molecule has 0 aliphatic carbocycles. The first-order chi connectivity index (χ1) is 9.27. The molecule has 5 nitrogen and oxygen atoms in total. The summed E-state index contributed by atoms with van der Waals surface area (Å²) in [6, 6.07) is 10.9. The van der Waals surface area contributed by atoms with E-state index in [0.29, 0.717) is 6.54 Å². The molecule has 0 saturated carbocycles. The molecule has 2 atom stereocenters. The van der Waals surface area contributed by atoms with Crippen LogP contribution < -0.4 is 4.90 Å². The fourth-order valence-electron chi connectivity index (χ4n) is 2.39. The molecule has 0 spiro atoms. The molecule has 96 valence electrons. The van der Waals surface area contributed by atoms with Crippen LogP contribution in [0.2, 0.25) is 0 Å². The lowest BCUT2D eigenvalue weighted by atomic mass is 9.86. The summed E-state index contributed by atoms with van der Waals surface area (Å²) in [5, 5.41) is 9.25. The summed E-state index contributed by atoms with van der Waals surface area (Å²) in [6.45, 7) is 0.466. The van der Waals surface area contributed by atoms with Crippen molar-refractivity contribution in [2.75, 3.05) is 11.4 Å². The fourth-order valence-corrected chi connectivity index (χ4v) is 2.39. The lowest BCUT2D eigenvalue weighted by Gasteiger charge is -2.46. The van der Waals surface area contributed by atoms with Gasteiger partial charge < -0.3 is 10.0 Å². The average molecular weight is 255 g/mol. The van der Waals surface area contributed by atoms with Crippen molar-refractivity contribution < 1.29 is 9.90 Å². The summed E-state index contributed by atoms with van der Waals surface area (Å²) in [5.41, 5.74) is 0.770. The molecule has 0 bridgehead atoms. The zero-order chi connectivity index (χ0) is 13.2. The molecule has 1 N–H and O–H groups in total. The van der Waals surface area contributed by atoms with Crippen molar-refractivity contribution in [1.82, 2.24) is 9.97 Å². The number of hydrogen-bond donors (Lipinski definition) is 1. The highest BCUT2D eigenvalue weighted by atomic mass is 16.4. The maximum absolute atomic E-state index is 11.3. The predicted molar refractivity (Wildman–Crippen MR) is 69.7 cm³/mol.